The molecule has 0 aromatic heterocycles. The molecule has 32 heavy (non-hydrogen) atoms. The topological polar surface area (TPSA) is 74.3 Å². The van der Waals surface area contributed by atoms with Crippen molar-refractivity contribution in [2.45, 2.75) is 76.7 Å². The summed E-state index contributed by atoms with van der Waals surface area (Å²) in [7, 11) is -7.53. The van der Waals surface area contributed by atoms with Crippen molar-refractivity contribution in [3.05, 3.63) is 30.3 Å². The van der Waals surface area contributed by atoms with Gasteiger partial charge in [0.2, 0.25) is 0 Å². The molecule has 0 N–H and O–H groups in total. The zero-order valence-electron chi connectivity index (χ0n) is 20.6. The van der Waals surface area contributed by atoms with Crippen molar-refractivity contribution in [3.8, 4) is 0 Å². The normalized spacial score (nSPS) is 14.1. The van der Waals surface area contributed by atoms with Crippen molar-refractivity contribution in [3.63, 3.8) is 0 Å². The summed E-state index contributed by atoms with van der Waals surface area (Å²) in [6.45, 7) is 14.3. The lowest BCUT2D eigenvalue weighted by molar-refractivity contribution is 0.133. The van der Waals surface area contributed by atoms with Gasteiger partial charge in [0.15, 0.2) is 0 Å². The van der Waals surface area contributed by atoms with Gasteiger partial charge in [-0.25, -0.2) is 4.57 Å². The van der Waals surface area contributed by atoms with Gasteiger partial charge in [-0.1, -0.05) is 31.5 Å². The summed E-state index contributed by atoms with van der Waals surface area (Å²) in [5.74, 6) is -0.865. The monoisotopic (exact) mass is 509 g/mol. The van der Waals surface area contributed by atoms with E-state index < -0.39 is 25.9 Å². The summed E-state index contributed by atoms with van der Waals surface area (Å²) < 4.78 is 52.3. The van der Waals surface area contributed by atoms with Crippen molar-refractivity contribution in [2.75, 3.05) is 33.0 Å². The lowest BCUT2D eigenvalue weighted by Crippen LogP contribution is -2.47. The standard InChI is InChI=1S/C22H41NO6P2S/c1-8-13-19-23(31(25,28-11-4)29-12-5)21(30(24,26-9-2)27-10-3)22(6,7)32-20-17-15-14-16-18-20/h14-18,21H,8-13,19H2,1-7H3. The van der Waals surface area contributed by atoms with Crippen LogP contribution in [-0.4, -0.2) is 48.2 Å². The van der Waals surface area contributed by atoms with Gasteiger partial charge < -0.3 is 9.05 Å². The first-order valence-electron chi connectivity index (χ1n) is 11.4. The SMILES string of the molecule is CCCCN(C(C(C)(C)Sc1ccccc1)P(=O)(OCC)OCC)P(=O)(OCC)OCC. The average Bonchev–Trinajstić information content (AvgIpc) is 2.71. The van der Waals surface area contributed by atoms with Crippen LogP contribution in [0.5, 0.6) is 0 Å². The highest BCUT2D eigenvalue weighted by atomic mass is 32.2. The van der Waals surface area contributed by atoms with Crippen molar-refractivity contribution >= 4 is 27.1 Å². The Kier molecular flexibility index (Phi) is 13.3. The predicted octanol–water partition coefficient (Wildman–Crippen LogP) is 7.43. The molecule has 0 bridgehead atoms. The van der Waals surface area contributed by atoms with Crippen LogP contribution >= 0.6 is 27.1 Å². The van der Waals surface area contributed by atoms with E-state index in [4.69, 9.17) is 18.1 Å². The lowest BCUT2D eigenvalue weighted by Gasteiger charge is -2.45. The number of hydrogen-bond donors (Lipinski definition) is 0. The highest BCUT2D eigenvalue weighted by Crippen LogP contribution is 2.67. The summed E-state index contributed by atoms with van der Waals surface area (Å²) in [6, 6.07) is 9.86. The number of benzene rings is 1. The Morgan fingerprint density at radius 1 is 0.875 bits per heavy atom. The highest BCUT2D eigenvalue weighted by Gasteiger charge is 2.55. The third kappa shape index (κ3) is 8.25. The van der Waals surface area contributed by atoms with Crippen LogP contribution in [0.2, 0.25) is 0 Å². The third-order valence-corrected chi connectivity index (χ3v) is 11.2. The third-order valence-electron chi connectivity index (χ3n) is 4.59. The quantitative estimate of drug-likeness (QED) is 0.158. The number of hydrogen-bond acceptors (Lipinski definition) is 7. The Morgan fingerprint density at radius 3 is 1.81 bits per heavy atom. The lowest BCUT2D eigenvalue weighted by atomic mass is 10.2. The molecule has 0 amide bonds. The summed E-state index contributed by atoms with van der Waals surface area (Å²) in [5, 5.41) is 0. The molecule has 7 nitrogen and oxygen atoms in total. The Balaban J connectivity index is 3.69. The summed E-state index contributed by atoms with van der Waals surface area (Å²) >= 11 is 1.54. The maximum Gasteiger partial charge on any atom is 0.409 e. The Bertz CT molecular complexity index is 729. The Labute approximate surface area is 199 Å². The zero-order valence-corrected chi connectivity index (χ0v) is 23.2. The fourth-order valence-corrected chi connectivity index (χ4v) is 10.3. The summed E-state index contributed by atoms with van der Waals surface area (Å²) in [4.78, 5) is 1.00. The first-order chi connectivity index (χ1) is 15.1. The minimum absolute atomic E-state index is 0.201. The summed E-state index contributed by atoms with van der Waals surface area (Å²) in [5.41, 5.74) is 0. The minimum Gasteiger partial charge on any atom is -0.308 e. The smallest absolute Gasteiger partial charge is 0.308 e. The molecule has 0 fully saturated rings. The van der Waals surface area contributed by atoms with Crippen LogP contribution in [0.3, 0.4) is 0 Å². The van der Waals surface area contributed by atoms with Crippen LogP contribution in [0.1, 0.15) is 61.3 Å². The Morgan fingerprint density at radius 2 is 1.38 bits per heavy atom. The molecule has 1 rings (SSSR count). The molecule has 0 saturated heterocycles. The number of unbranched alkanes of at least 4 members (excludes halogenated alkanes) is 1. The second kappa shape index (κ2) is 14.3. The minimum atomic E-state index is -3.77. The molecule has 1 aromatic rings. The first kappa shape index (κ1) is 29.9. The number of nitrogens with zero attached hydrogens (tertiary/aromatic N) is 1. The number of thioether (sulfide) groups is 1. The molecule has 10 heteroatoms. The van der Waals surface area contributed by atoms with Crippen LogP contribution in [-0.2, 0) is 27.2 Å². The molecule has 0 saturated carbocycles. The highest BCUT2D eigenvalue weighted by molar-refractivity contribution is 8.01. The zero-order chi connectivity index (χ0) is 24.3. The molecule has 0 spiro atoms. The van der Waals surface area contributed by atoms with E-state index in [9.17, 15) is 9.13 Å². The van der Waals surface area contributed by atoms with Gasteiger partial charge in [-0.15, -0.1) is 11.8 Å². The van der Waals surface area contributed by atoms with E-state index in [-0.39, 0.29) is 26.4 Å². The van der Waals surface area contributed by atoms with Gasteiger partial charge in [0.05, 0.1) is 26.4 Å². The van der Waals surface area contributed by atoms with Crippen LogP contribution < -0.4 is 0 Å². The second-order valence-corrected chi connectivity index (χ2v) is 13.4. The molecule has 0 heterocycles. The molecule has 0 aliphatic heterocycles. The van der Waals surface area contributed by atoms with Crippen molar-refractivity contribution in [2.24, 2.45) is 0 Å². The fourth-order valence-electron chi connectivity index (χ4n) is 3.50. The molecule has 0 aliphatic carbocycles. The molecule has 1 atom stereocenters. The van der Waals surface area contributed by atoms with E-state index in [1.807, 2.05) is 51.1 Å². The van der Waals surface area contributed by atoms with Gasteiger partial charge in [-0.05, 0) is 60.1 Å². The van der Waals surface area contributed by atoms with Crippen molar-refractivity contribution in [1.82, 2.24) is 4.67 Å². The predicted molar refractivity (Wildman–Crippen MR) is 133 cm³/mol. The van der Waals surface area contributed by atoms with Crippen LogP contribution in [0.4, 0.5) is 0 Å². The first-order valence-corrected chi connectivity index (χ1v) is 15.3. The summed E-state index contributed by atoms with van der Waals surface area (Å²) in [6.07, 6.45) is 1.59. The van der Waals surface area contributed by atoms with Gasteiger partial charge in [0.25, 0.3) is 0 Å². The molecular weight excluding hydrogens is 468 g/mol. The maximum atomic E-state index is 14.3. The average molecular weight is 510 g/mol. The maximum absolute atomic E-state index is 14.3. The van der Waals surface area contributed by atoms with Crippen molar-refractivity contribution in [1.29, 1.82) is 0 Å². The Hall–Kier alpha value is -0.170. The van der Waals surface area contributed by atoms with Gasteiger partial charge in [0, 0.05) is 16.2 Å². The number of rotatable bonds is 17. The van der Waals surface area contributed by atoms with Crippen LogP contribution in [0.25, 0.3) is 0 Å². The largest absolute Gasteiger partial charge is 0.409 e. The van der Waals surface area contributed by atoms with E-state index in [1.54, 1.807) is 44.1 Å². The molecule has 1 aromatic carbocycles. The van der Waals surface area contributed by atoms with E-state index in [1.165, 1.54) is 0 Å². The van der Waals surface area contributed by atoms with Gasteiger partial charge in [0.1, 0.15) is 5.78 Å². The fraction of sp³-hybridized carbons (Fsp3) is 0.727. The van der Waals surface area contributed by atoms with E-state index in [2.05, 4.69) is 0 Å². The van der Waals surface area contributed by atoms with Gasteiger partial charge in [-0.3, -0.25) is 13.6 Å². The molecule has 186 valence electrons. The van der Waals surface area contributed by atoms with Crippen LogP contribution in [0.15, 0.2) is 35.2 Å². The van der Waals surface area contributed by atoms with E-state index in [0.29, 0.717) is 6.54 Å². The van der Waals surface area contributed by atoms with Crippen molar-refractivity contribution < 1.29 is 27.2 Å². The molecule has 0 radical (unpaired) electrons. The molecule has 0 aliphatic rings. The van der Waals surface area contributed by atoms with E-state index >= 15 is 0 Å². The van der Waals surface area contributed by atoms with E-state index in [0.717, 1.165) is 17.7 Å². The molecular formula is C22H41NO6P2S. The van der Waals surface area contributed by atoms with Gasteiger partial charge >= 0.3 is 15.3 Å². The van der Waals surface area contributed by atoms with Gasteiger partial charge in [-0.2, -0.15) is 4.67 Å². The second-order valence-electron chi connectivity index (χ2n) is 7.59. The van der Waals surface area contributed by atoms with Crippen LogP contribution in [0, 0.1) is 0 Å². The molecule has 1 unspecified atom stereocenters.